The van der Waals surface area contributed by atoms with E-state index in [1.807, 2.05) is 0 Å². The van der Waals surface area contributed by atoms with E-state index in [2.05, 4.69) is 0 Å². The maximum atomic E-state index is 9.71. The van der Waals surface area contributed by atoms with E-state index in [0.717, 1.165) is 0 Å². The fraction of sp³-hybridized carbons (Fsp3) is 0.500. The molecule has 0 aliphatic heterocycles. The van der Waals surface area contributed by atoms with Crippen molar-refractivity contribution in [1.29, 1.82) is 0 Å². The minimum atomic E-state index is -1.58. The average molecular weight is 195 g/mol. The van der Waals surface area contributed by atoms with Gasteiger partial charge in [0, 0.05) is 18.4 Å². The zero-order valence-electron chi connectivity index (χ0n) is 6.99. The molecule has 0 bridgehead atoms. The Kier molecular flexibility index (Phi) is 22.8. The molecule has 6 nitrogen and oxygen atoms in total. The molecule has 0 heterocycles. The Bertz CT molecular complexity index is 141. The van der Waals surface area contributed by atoms with Gasteiger partial charge in [-0.15, -0.1) is 0 Å². The molecule has 0 aliphatic rings. The van der Waals surface area contributed by atoms with E-state index in [-0.39, 0.29) is 64.6 Å². The molecule has 0 aliphatic carbocycles. The fourth-order valence-corrected chi connectivity index (χ4v) is 0.263. The van der Waals surface area contributed by atoms with Crippen LogP contribution in [0.2, 0.25) is 0 Å². The number of hydrogen-bond acceptors (Lipinski definition) is 5. The number of aliphatic carboxylic acids is 2. The zero-order valence-corrected chi connectivity index (χ0v) is 11.0. The fourth-order valence-electron chi connectivity index (χ4n) is 0.263. The van der Waals surface area contributed by atoms with Crippen molar-refractivity contribution in [3.05, 3.63) is 0 Å². The van der Waals surface area contributed by atoms with Crippen molar-refractivity contribution in [3.63, 3.8) is 0 Å². The zero-order chi connectivity index (χ0) is 7.44. The molecule has 0 aromatic carbocycles. The molecule has 0 aromatic heterocycles. The van der Waals surface area contributed by atoms with Crippen LogP contribution >= 0.6 is 0 Å². The molecule has 0 saturated carbocycles. The summed E-state index contributed by atoms with van der Waals surface area (Å²) in [5, 5.41) is 19.3. The topological polar surface area (TPSA) is 138 Å². The summed E-state index contributed by atoms with van der Waals surface area (Å²) >= 11 is 0. The number of carbonyl (C=O) groups excluding carboxylic acids is 2. The minimum absolute atomic E-state index is 0. The Morgan fingerprint density at radius 3 is 1.67 bits per heavy atom. The van der Waals surface area contributed by atoms with E-state index in [1.54, 1.807) is 0 Å². The van der Waals surface area contributed by atoms with Gasteiger partial charge in [0.15, 0.2) is 0 Å². The van der Waals surface area contributed by atoms with Gasteiger partial charge < -0.3 is 31.0 Å². The first-order valence-electron chi connectivity index (χ1n) is 2.20. The van der Waals surface area contributed by atoms with E-state index in [9.17, 15) is 19.8 Å². The first-order chi connectivity index (χ1) is 4.04. The third-order valence-corrected chi connectivity index (χ3v) is 0.689. The van der Waals surface area contributed by atoms with Gasteiger partial charge in [0.25, 0.3) is 0 Å². The van der Waals surface area contributed by atoms with Gasteiger partial charge in [0.2, 0.25) is 0 Å². The molecule has 0 fully saturated rings. The predicted molar refractivity (Wildman–Crippen MR) is 26.2 cm³/mol. The number of nitrogens with two attached hydrogens (primary N) is 1. The van der Waals surface area contributed by atoms with Gasteiger partial charge in [-0.1, -0.05) is 0 Å². The van der Waals surface area contributed by atoms with Crippen molar-refractivity contribution in [2.75, 3.05) is 0 Å². The third kappa shape index (κ3) is 13.4. The second-order valence-corrected chi connectivity index (χ2v) is 1.50. The molecule has 0 amide bonds. The second kappa shape index (κ2) is 11.9. The Balaban J connectivity index is -0.000000107. The standard InChI is InChI=1S/C4H7NO4.2Na.H2O/c5-2(4(8)9)1-3(6)7;;;/h2H,1,5H2,(H,6,7)(H,8,9);;;1H2/q;2*+1;/p-2/t2-;;;/m0.../s1. The Hall–Kier alpha value is 0.860. The monoisotopic (exact) mass is 195 g/mol. The molecule has 0 saturated heterocycles. The SMILES string of the molecule is N[C@@H](CC(=O)[O-])C(=O)[O-].O.[Na+].[Na+]. The Morgan fingerprint density at radius 1 is 1.25 bits per heavy atom. The van der Waals surface area contributed by atoms with Gasteiger partial charge in [-0.3, -0.25) is 0 Å². The predicted octanol–water partition coefficient (Wildman–Crippen LogP) is -10.6. The summed E-state index contributed by atoms with van der Waals surface area (Å²) in [6, 6.07) is -1.46. The molecule has 1 atom stereocenters. The maximum Gasteiger partial charge on any atom is 1.00 e. The van der Waals surface area contributed by atoms with Gasteiger partial charge in [0.1, 0.15) is 0 Å². The summed E-state index contributed by atoms with van der Waals surface area (Å²) in [7, 11) is 0. The number of rotatable bonds is 3. The van der Waals surface area contributed by atoms with Crippen LogP contribution in [0, 0.1) is 0 Å². The van der Waals surface area contributed by atoms with E-state index >= 15 is 0 Å². The average Bonchev–Trinajstić information content (AvgIpc) is 1.63. The van der Waals surface area contributed by atoms with Crippen LogP contribution in [0.25, 0.3) is 0 Å². The van der Waals surface area contributed by atoms with Crippen LogP contribution in [0.15, 0.2) is 0 Å². The number of carbonyl (C=O) groups is 2. The van der Waals surface area contributed by atoms with E-state index in [0.29, 0.717) is 0 Å². The smallest absolute Gasteiger partial charge is 0.550 e. The molecular formula is C4H7NNa2O5. The summed E-state index contributed by atoms with van der Waals surface area (Å²) in [5.74, 6) is -3.08. The van der Waals surface area contributed by atoms with Crippen LogP contribution in [0.1, 0.15) is 6.42 Å². The maximum absolute atomic E-state index is 9.71. The Labute approximate surface area is 113 Å². The normalized spacial score (nSPS) is 9.42. The van der Waals surface area contributed by atoms with Crippen molar-refractivity contribution < 1.29 is 84.4 Å². The second-order valence-electron chi connectivity index (χ2n) is 1.50. The van der Waals surface area contributed by atoms with Crippen LogP contribution in [-0.4, -0.2) is 23.5 Å². The summed E-state index contributed by atoms with van der Waals surface area (Å²) in [5.41, 5.74) is 4.73. The molecule has 0 spiro atoms. The summed E-state index contributed by atoms with van der Waals surface area (Å²) < 4.78 is 0. The third-order valence-electron chi connectivity index (χ3n) is 0.689. The van der Waals surface area contributed by atoms with E-state index in [1.165, 1.54) is 0 Å². The van der Waals surface area contributed by atoms with Crippen molar-refractivity contribution in [1.82, 2.24) is 0 Å². The molecule has 4 N–H and O–H groups in total. The van der Waals surface area contributed by atoms with Crippen molar-refractivity contribution in [2.24, 2.45) is 5.73 Å². The summed E-state index contributed by atoms with van der Waals surface area (Å²) in [6.45, 7) is 0. The van der Waals surface area contributed by atoms with Crippen LogP contribution in [0.3, 0.4) is 0 Å². The molecule has 0 rings (SSSR count). The largest absolute Gasteiger partial charge is 1.00 e. The molecule has 0 radical (unpaired) electrons. The van der Waals surface area contributed by atoms with Crippen molar-refractivity contribution >= 4 is 11.9 Å². The van der Waals surface area contributed by atoms with E-state index in [4.69, 9.17) is 5.73 Å². The summed E-state index contributed by atoms with van der Waals surface area (Å²) in [6.07, 6.45) is -0.706. The van der Waals surface area contributed by atoms with Gasteiger partial charge >= 0.3 is 59.1 Å². The summed E-state index contributed by atoms with van der Waals surface area (Å²) in [4.78, 5) is 19.3. The van der Waals surface area contributed by atoms with Gasteiger partial charge in [-0.25, -0.2) is 0 Å². The molecule has 0 unspecified atom stereocenters. The Morgan fingerprint density at radius 2 is 1.58 bits per heavy atom. The van der Waals surface area contributed by atoms with Crippen LogP contribution < -0.4 is 75.1 Å². The molecule has 12 heavy (non-hydrogen) atoms. The van der Waals surface area contributed by atoms with E-state index < -0.39 is 24.4 Å². The van der Waals surface area contributed by atoms with Gasteiger partial charge in [-0.05, 0) is 0 Å². The molecule has 8 heteroatoms. The molecule has 60 valence electrons. The van der Waals surface area contributed by atoms with Gasteiger partial charge in [-0.2, -0.15) is 0 Å². The van der Waals surface area contributed by atoms with Crippen molar-refractivity contribution in [2.45, 2.75) is 12.5 Å². The first-order valence-corrected chi connectivity index (χ1v) is 2.20. The van der Waals surface area contributed by atoms with Crippen LogP contribution in [0.5, 0.6) is 0 Å². The van der Waals surface area contributed by atoms with Crippen LogP contribution in [-0.2, 0) is 9.59 Å². The van der Waals surface area contributed by atoms with Gasteiger partial charge in [0.05, 0.1) is 5.97 Å². The van der Waals surface area contributed by atoms with Crippen LogP contribution in [0.4, 0.5) is 0 Å². The van der Waals surface area contributed by atoms with Crippen molar-refractivity contribution in [3.8, 4) is 0 Å². The first kappa shape index (κ1) is 23.0. The molecule has 0 aromatic rings. The minimum Gasteiger partial charge on any atom is -0.550 e. The quantitative estimate of drug-likeness (QED) is 0.445. The number of carboxylic acid groups (broad SMARTS) is 2. The number of carboxylic acids is 2. The number of hydrogen-bond donors (Lipinski definition) is 1. The molecular weight excluding hydrogens is 188 g/mol.